The smallest absolute Gasteiger partial charge is 0.136 e. The van der Waals surface area contributed by atoms with Crippen molar-refractivity contribution in [3.05, 3.63) is 54.1 Å². The molecule has 0 aliphatic rings. The molecular weight excluding hydrogens is 276 g/mol. The number of amidine groups is 1. The predicted molar refractivity (Wildman–Crippen MR) is 90.5 cm³/mol. The molecule has 116 valence electrons. The van der Waals surface area contributed by atoms with Crippen LogP contribution < -0.4 is 9.47 Å². The Morgan fingerprint density at radius 3 is 2.36 bits per heavy atom. The highest BCUT2D eigenvalue weighted by atomic mass is 16.5. The molecule has 0 saturated heterocycles. The van der Waals surface area contributed by atoms with E-state index < -0.39 is 0 Å². The van der Waals surface area contributed by atoms with Crippen LogP contribution in [0.1, 0.15) is 12.5 Å². The summed E-state index contributed by atoms with van der Waals surface area (Å²) in [5, 5.41) is 0. The molecule has 0 atom stereocenters. The van der Waals surface area contributed by atoms with E-state index in [1.54, 1.807) is 7.11 Å². The topological polar surface area (TPSA) is 34.1 Å². The van der Waals surface area contributed by atoms with Crippen LogP contribution >= 0.6 is 0 Å². The summed E-state index contributed by atoms with van der Waals surface area (Å²) in [6, 6.07) is 15.7. The third-order valence-corrected chi connectivity index (χ3v) is 3.14. The molecule has 2 rings (SSSR count). The van der Waals surface area contributed by atoms with Crippen molar-refractivity contribution in [1.82, 2.24) is 4.90 Å². The van der Waals surface area contributed by atoms with Gasteiger partial charge in [-0.3, -0.25) is 0 Å². The van der Waals surface area contributed by atoms with Crippen molar-refractivity contribution in [2.45, 2.75) is 6.92 Å². The van der Waals surface area contributed by atoms with E-state index >= 15 is 0 Å². The Morgan fingerprint density at radius 1 is 1.05 bits per heavy atom. The summed E-state index contributed by atoms with van der Waals surface area (Å²) in [4.78, 5) is 6.74. The summed E-state index contributed by atoms with van der Waals surface area (Å²) in [6.45, 7) is 2.62. The van der Waals surface area contributed by atoms with Crippen LogP contribution in [0.3, 0.4) is 0 Å². The van der Waals surface area contributed by atoms with Crippen molar-refractivity contribution < 1.29 is 9.47 Å². The van der Waals surface area contributed by atoms with E-state index in [0.29, 0.717) is 6.61 Å². The molecule has 0 N–H and O–H groups in total. The Labute approximate surface area is 132 Å². The second kappa shape index (κ2) is 7.50. The summed E-state index contributed by atoms with van der Waals surface area (Å²) in [5.74, 6) is 2.55. The quantitative estimate of drug-likeness (QED) is 0.623. The largest absolute Gasteiger partial charge is 0.497 e. The summed E-state index contributed by atoms with van der Waals surface area (Å²) in [6.07, 6.45) is 0. The van der Waals surface area contributed by atoms with Gasteiger partial charge in [0.1, 0.15) is 17.3 Å². The highest BCUT2D eigenvalue weighted by molar-refractivity contribution is 6.00. The molecule has 0 saturated carbocycles. The van der Waals surface area contributed by atoms with Gasteiger partial charge in [0.15, 0.2) is 0 Å². The third kappa shape index (κ3) is 4.01. The molecule has 0 aliphatic carbocycles. The Kier molecular flexibility index (Phi) is 5.42. The normalized spacial score (nSPS) is 11.2. The molecule has 2 aromatic rings. The molecule has 0 aromatic heterocycles. The molecule has 0 spiro atoms. The van der Waals surface area contributed by atoms with Crippen molar-refractivity contribution in [2.75, 3.05) is 27.8 Å². The minimum absolute atomic E-state index is 0.645. The van der Waals surface area contributed by atoms with Crippen LogP contribution in [0.2, 0.25) is 0 Å². The summed E-state index contributed by atoms with van der Waals surface area (Å²) in [7, 11) is 5.63. The van der Waals surface area contributed by atoms with E-state index in [0.717, 1.165) is 28.6 Å². The van der Waals surface area contributed by atoms with Gasteiger partial charge in [0.05, 0.1) is 19.4 Å². The number of methoxy groups -OCH3 is 1. The summed E-state index contributed by atoms with van der Waals surface area (Å²) >= 11 is 0. The lowest BCUT2D eigenvalue weighted by molar-refractivity contribution is 0.340. The molecule has 0 amide bonds. The average molecular weight is 298 g/mol. The SMILES string of the molecule is CCOc1cccc(N=C(c2ccc(OC)cc2)N(C)C)c1. The number of hydrogen-bond acceptors (Lipinski definition) is 3. The van der Waals surface area contributed by atoms with Crippen LogP contribution in [0.25, 0.3) is 0 Å². The van der Waals surface area contributed by atoms with Gasteiger partial charge in [0.2, 0.25) is 0 Å². The first-order chi connectivity index (χ1) is 10.6. The Morgan fingerprint density at radius 2 is 1.77 bits per heavy atom. The van der Waals surface area contributed by atoms with Crippen LogP contribution in [0.15, 0.2) is 53.5 Å². The molecule has 4 nitrogen and oxygen atoms in total. The fraction of sp³-hybridized carbons (Fsp3) is 0.278. The second-order valence-corrected chi connectivity index (χ2v) is 4.99. The van der Waals surface area contributed by atoms with Crippen LogP contribution in [-0.2, 0) is 0 Å². The number of hydrogen-bond donors (Lipinski definition) is 0. The molecule has 0 aliphatic heterocycles. The molecule has 0 heterocycles. The molecular formula is C18H22N2O2. The first kappa shape index (κ1) is 15.9. The van der Waals surface area contributed by atoms with Crippen LogP contribution in [0.4, 0.5) is 5.69 Å². The van der Waals surface area contributed by atoms with E-state index in [2.05, 4.69) is 0 Å². The predicted octanol–water partition coefficient (Wildman–Crippen LogP) is 3.73. The lowest BCUT2D eigenvalue weighted by Crippen LogP contribution is -2.22. The van der Waals surface area contributed by atoms with E-state index in [9.17, 15) is 0 Å². The zero-order valence-electron chi connectivity index (χ0n) is 13.5. The summed E-state index contributed by atoms with van der Waals surface area (Å²) < 4.78 is 10.7. The first-order valence-corrected chi connectivity index (χ1v) is 7.27. The van der Waals surface area contributed by atoms with Gasteiger partial charge >= 0.3 is 0 Å². The minimum atomic E-state index is 0.645. The van der Waals surface area contributed by atoms with Gasteiger partial charge in [-0.2, -0.15) is 0 Å². The molecule has 0 radical (unpaired) electrons. The molecule has 0 bridgehead atoms. The Bertz CT molecular complexity index is 634. The van der Waals surface area contributed by atoms with Gasteiger partial charge in [-0.25, -0.2) is 4.99 Å². The van der Waals surface area contributed by atoms with E-state index in [1.165, 1.54) is 0 Å². The number of rotatable bonds is 5. The van der Waals surface area contributed by atoms with Crippen molar-refractivity contribution >= 4 is 11.5 Å². The van der Waals surface area contributed by atoms with Crippen molar-refractivity contribution in [2.24, 2.45) is 4.99 Å². The maximum Gasteiger partial charge on any atom is 0.136 e. The van der Waals surface area contributed by atoms with Gasteiger partial charge in [-0.15, -0.1) is 0 Å². The first-order valence-electron chi connectivity index (χ1n) is 7.27. The standard InChI is InChI=1S/C18H22N2O2/c1-5-22-17-8-6-7-15(13-17)19-18(20(2)3)14-9-11-16(21-4)12-10-14/h6-13H,5H2,1-4H3. The summed E-state index contributed by atoms with van der Waals surface area (Å²) in [5.41, 5.74) is 1.90. The maximum atomic E-state index is 5.53. The van der Waals surface area contributed by atoms with Gasteiger partial charge in [0.25, 0.3) is 0 Å². The van der Waals surface area contributed by atoms with Crippen LogP contribution in [0.5, 0.6) is 11.5 Å². The molecule has 22 heavy (non-hydrogen) atoms. The Hall–Kier alpha value is -2.49. The number of ether oxygens (including phenoxy) is 2. The Balaban J connectivity index is 2.35. The average Bonchev–Trinajstić information content (AvgIpc) is 2.53. The maximum absolute atomic E-state index is 5.53. The van der Waals surface area contributed by atoms with Gasteiger partial charge in [-0.1, -0.05) is 6.07 Å². The molecule has 0 unspecified atom stereocenters. The fourth-order valence-electron chi connectivity index (χ4n) is 2.09. The highest BCUT2D eigenvalue weighted by Crippen LogP contribution is 2.22. The van der Waals surface area contributed by atoms with Crippen LogP contribution in [-0.4, -0.2) is 38.5 Å². The highest BCUT2D eigenvalue weighted by Gasteiger charge is 2.07. The molecule has 2 aromatic carbocycles. The minimum Gasteiger partial charge on any atom is -0.497 e. The van der Waals surface area contributed by atoms with Crippen molar-refractivity contribution in [3.63, 3.8) is 0 Å². The zero-order valence-corrected chi connectivity index (χ0v) is 13.5. The number of nitrogens with zero attached hydrogens (tertiary/aromatic N) is 2. The number of benzene rings is 2. The molecule has 4 heteroatoms. The van der Waals surface area contributed by atoms with Crippen LogP contribution in [0, 0.1) is 0 Å². The lowest BCUT2D eigenvalue weighted by atomic mass is 10.2. The van der Waals surface area contributed by atoms with E-state index in [1.807, 2.05) is 74.4 Å². The zero-order chi connectivity index (χ0) is 15.9. The second-order valence-electron chi connectivity index (χ2n) is 4.99. The van der Waals surface area contributed by atoms with E-state index in [-0.39, 0.29) is 0 Å². The monoisotopic (exact) mass is 298 g/mol. The van der Waals surface area contributed by atoms with Gasteiger partial charge in [0, 0.05) is 25.7 Å². The van der Waals surface area contributed by atoms with Gasteiger partial charge in [-0.05, 0) is 43.3 Å². The van der Waals surface area contributed by atoms with E-state index in [4.69, 9.17) is 14.5 Å². The molecule has 0 fully saturated rings. The van der Waals surface area contributed by atoms with Crippen molar-refractivity contribution in [1.29, 1.82) is 0 Å². The fourth-order valence-corrected chi connectivity index (χ4v) is 2.09. The van der Waals surface area contributed by atoms with Gasteiger partial charge < -0.3 is 14.4 Å². The lowest BCUT2D eigenvalue weighted by Gasteiger charge is -2.16. The number of aliphatic imine (C=N–C) groups is 1. The van der Waals surface area contributed by atoms with Crippen molar-refractivity contribution in [3.8, 4) is 11.5 Å². The third-order valence-electron chi connectivity index (χ3n) is 3.14.